The first-order valence-electron chi connectivity index (χ1n) is 6.28. The van der Waals surface area contributed by atoms with E-state index in [1.807, 2.05) is 0 Å². The Hall–Kier alpha value is -2.21. The van der Waals surface area contributed by atoms with Crippen LogP contribution < -0.4 is 5.73 Å². The van der Waals surface area contributed by atoms with Gasteiger partial charge < -0.3 is 10.7 Å². The standard InChI is InChI=1S/C15H12BrFN4/c1-8-6-9(2-3-11(8)17)12-7-20-15(21-12)10-4-5-19-14(16)13(10)18/h2-7H,18H2,1H3,(H,20,21). The number of nitrogen functional groups attached to an aromatic ring is 1. The van der Waals surface area contributed by atoms with E-state index < -0.39 is 0 Å². The number of pyridine rings is 1. The number of hydrogen-bond donors (Lipinski definition) is 2. The normalized spacial score (nSPS) is 10.8. The number of aromatic nitrogens is 3. The molecule has 3 aromatic rings. The van der Waals surface area contributed by atoms with Crippen LogP contribution in [0.15, 0.2) is 41.3 Å². The average Bonchev–Trinajstić information content (AvgIpc) is 2.94. The molecule has 2 aromatic heterocycles. The molecule has 6 heteroatoms. The maximum atomic E-state index is 13.3. The molecule has 4 nitrogen and oxygen atoms in total. The highest BCUT2D eigenvalue weighted by Gasteiger charge is 2.11. The zero-order valence-electron chi connectivity index (χ0n) is 11.2. The maximum absolute atomic E-state index is 13.3. The van der Waals surface area contributed by atoms with Crippen LogP contribution in [0, 0.1) is 12.7 Å². The number of benzene rings is 1. The highest BCUT2D eigenvalue weighted by Crippen LogP contribution is 2.30. The van der Waals surface area contributed by atoms with E-state index in [2.05, 4.69) is 30.9 Å². The lowest BCUT2D eigenvalue weighted by atomic mass is 10.1. The molecule has 0 saturated carbocycles. The van der Waals surface area contributed by atoms with Gasteiger partial charge in [-0.25, -0.2) is 14.4 Å². The predicted octanol–water partition coefficient (Wildman–Crippen LogP) is 3.93. The minimum absolute atomic E-state index is 0.221. The molecule has 106 valence electrons. The van der Waals surface area contributed by atoms with Gasteiger partial charge in [0.25, 0.3) is 0 Å². The van der Waals surface area contributed by atoms with Gasteiger partial charge in [-0.05, 0) is 52.7 Å². The Morgan fingerprint density at radius 2 is 2.05 bits per heavy atom. The third kappa shape index (κ3) is 2.54. The van der Waals surface area contributed by atoms with Crippen molar-refractivity contribution in [1.29, 1.82) is 0 Å². The molecule has 0 spiro atoms. The van der Waals surface area contributed by atoms with Gasteiger partial charge in [0.2, 0.25) is 0 Å². The van der Waals surface area contributed by atoms with Gasteiger partial charge in [-0.1, -0.05) is 0 Å². The van der Waals surface area contributed by atoms with Crippen LogP contribution in [-0.2, 0) is 0 Å². The third-order valence-electron chi connectivity index (χ3n) is 3.24. The number of nitrogens with two attached hydrogens (primary N) is 1. The molecule has 0 aliphatic heterocycles. The van der Waals surface area contributed by atoms with Crippen molar-refractivity contribution in [2.24, 2.45) is 0 Å². The highest BCUT2D eigenvalue weighted by molar-refractivity contribution is 9.10. The first-order chi connectivity index (χ1) is 10.1. The van der Waals surface area contributed by atoms with Gasteiger partial charge in [0.1, 0.15) is 16.2 Å². The fourth-order valence-corrected chi connectivity index (χ4v) is 2.40. The van der Waals surface area contributed by atoms with E-state index >= 15 is 0 Å². The topological polar surface area (TPSA) is 67.6 Å². The summed E-state index contributed by atoms with van der Waals surface area (Å²) in [6.07, 6.45) is 3.36. The molecule has 0 bridgehead atoms. The monoisotopic (exact) mass is 346 g/mol. The number of hydrogen-bond acceptors (Lipinski definition) is 3. The van der Waals surface area contributed by atoms with Crippen LogP contribution in [0.4, 0.5) is 10.1 Å². The zero-order valence-corrected chi connectivity index (χ0v) is 12.8. The molecule has 0 saturated heterocycles. The van der Waals surface area contributed by atoms with Gasteiger partial charge in [-0.3, -0.25) is 0 Å². The van der Waals surface area contributed by atoms with Gasteiger partial charge >= 0.3 is 0 Å². The number of aryl methyl sites for hydroxylation is 1. The Bertz CT molecular complexity index is 813. The number of imidazole rings is 1. The number of nitrogens with one attached hydrogen (secondary N) is 1. The molecule has 0 fully saturated rings. The Morgan fingerprint density at radius 1 is 1.24 bits per heavy atom. The van der Waals surface area contributed by atoms with E-state index in [4.69, 9.17) is 5.73 Å². The second-order valence-electron chi connectivity index (χ2n) is 4.67. The Morgan fingerprint density at radius 3 is 2.81 bits per heavy atom. The smallest absolute Gasteiger partial charge is 0.139 e. The Labute approximate surface area is 129 Å². The summed E-state index contributed by atoms with van der Waals surface area (Å²) in [5.41, 5.74) is 9.55. The van der Waals surface area contributed by atoms with E-state index in [-0.39, 0.29) is 5.82 Å². The molecule has 0 amide bonds. The lowest BCUT2D eigenvalue weighted by Crippen LogP contribution is -1.94. The molecule has 3 N–H and O–H groups in total. The highest BCUT2D eigenvalue weighted by atomic mass is 79.9. The second kappa shape index (κ2) is 5.29. The van der Waals surface area contributed by atoms with Crippen molar-refractivity contribution in [3.63, 3.8) is 0 Å². The fraction of sp³-hybridized carbons (Fsp3) is 0.0667. The van der Waals surface area contributed by atoms with Crippen LogP contribution in [0.5, 0.6) is 0 Å². The van der Waals surface area contributed by atoms with Gasteiger partial charge in [-0.2, -0.15) is 0 Å². The van der Waals surface area contributed by atoms with Crippen LogP contribution in [0.2, 0.25) is 0 Å². The molecule has 2 heterocycles. The first-order valence-corrected chi connectivity index (χ1v) is 7.07. The molecule has 0 radical (unpaired) electrons. The number of H-pyrrole nitrogens is 1. The van der Waals surface area contributed by atoms with Crippen LogP contribution in [0.25, 0.3) is 22.6 Å². The van der Waals surface area contributed by atoms with E-state index in [9.17, 15) is 4.39 Å². The molecular weight excluding hydrogens is 335 g/mol. The number of halogens is 2. The van der Waals surface area contributed by atoms with Crippen LogP contribution >= 0.6 is 15.9 Å². The number of rotatable bonds is 2. The van der Waals surface area contributed by atoms with Crippen LogP contribution in [-0.4, -0.2) is 15.0 Å². The van der Waals surface area contributed by atoms with Crippen molar-refractivity contribution >= 4 is 21.6 Å². The molecule has 1 aromatic carbocycles. The predicted molar refractivity (Wildman–Crippen MR) is 84.1 cm³/mol. The Balaban J connectivity index is 2.03. The quantitative estimate of drug-likeness (QED) is 0.690. The molecule has 3 rings (SSSR count). The minimum atomic E-state index is -0.221. The number of aromatic amines is 1. The van der Waals surface area contributed by atoms with E-state index in [1.165, 1.54) is 6.07 Å². The molecule has 21 heavy (non-hydrogen) atoms. The summed E-state index contributed by atoms with van der Waals surface area (Å²) >= 11 is 3.29. The van der Waals surface area contributed by atoms with Gasteiger partial charge in [0.05, 0.1) is 17.6 Å². The van der Waals surface area contributed by atoms with Crippen LogP contribution in [0.3, 0.4) is 0 Å². The SMILES string of the molecule is Cc1cc(-c2cnc(-c3ccnc(Br)c3N)[nH]2)ccc1F. The molecule has 0 atom stereocenters. The summed E-state index contributed by atoms with van der Waals surface area (Å²) in [7, 11) is 0. The number of nitrogens with zero attached hydrogens (tertiary/aromatic N) is 2. The van der Waals surface area contributed by atoms with E-state index in [0.717, 1.165) is 16.8 Å². The van der Waals surface area contributed by atoms with Crippen LogP contribution in [0.1, 0.15) is 5.56 Å². The second-order valence-corrected chi connectivity index (χ2v) is 5.42. The van der Waals surface area contributed by atoms with Crippen molar-refractivity contribution < 1.29 is 4.39 Å². The summed E-state index contributed by atoms with van der Waals surface area (Å²) < 4.78 is 13.9. The van der Waals surface area contributed by atoms with Crippen molar-refractivity contribution in [3.05, 3.63) is 52.6 Å². The van der Waals surface area contributed by atoms with Gasteiger partial charge in [0, 0.05) is 17.3 Å². The lowest BCUT2D eigenvalue weighted by Gasteiger charge is -2.04. The molecule has 0 aliphatic carbocycles. The van der Waals surface area contributed by atoms with Crippen molar-refractivity contribution in [3.8, 4) is 22.6 Å². The van der Waals surface area contributed by atoms with Gasteiger partial charge in [-0.15, -0.1) is 0 Å². The summed E-state index contributed by atoms with van der Waals surface area (Å²) in [4.78, 5) is 11.6. The molecule has 0 unspecified atom stereocenters. The first kappa shape index (κ1) is 13.8. The van der Waals surface area contributed by atoms with Crippen molar-refractivity contribution in [2.45, 2.75) is 6.92 Å². The minimum Gasteiger partial charge on any atom is -0.396 e. The summed E-state index contributed by atoms with van der Waals surface area (Å²) in [6.45, 7) is 1.73. The number of anilines is 1. The lowest BCUT2D eigenvalue weighted by molar-refractivity contribution is 0.619. The summed E-state index contributed by atoms with van der Waals surface area (Å²) in [6, 6.07) is 6.73. The fourth-order valence-electron chi connectivity index (χ4n) is 2.07. The van der Waals surface area contributed by atoms with E-state index in [1.54, 1.807) is 37.5 Å². The van der Waals surface area contributed by atoms with E-state index in [0.29, 0.717) is 21.7 Å². The largest absolute Gasteiger partial charge is 0.396 e. The summed E-state index contributed by atoms with van der Waals surface area (Å²) in [5.74, 6) is 0.424. The third-order valence-corrected chi connectivity index (χ3v) is 3.87. The molecule has 0 aliphatic rings. The van der Waals surface area contributed by atoms with Crippen molar-refractivity contribution in [2.75, 3.05) is 5.73 Å². The Kier molecular flexibility index (Phi) is 3.47. The van der Waals surface area contributed by atoms with Gasteiger partial charge in [0.15, 0.2) is 0 Å². The maximum Gasteiger partial charge on any atom is 0.139 e. The molecular formula is C15H12BrFN4. The summed E-state index contributed by atoms with van der Waals surface area (Å²) in [5, 5.41) is 0. The zero-order chi connectivity index (χ0) is 15.0. The average molecular weight is 347 g/mol. The van der Waals surface area contributed by atoms with Crippen molar-refractivity contribution in [1.82, 2.24) is 15.0 Å².